The highest BCUT2D eigenvalue weighted by molar-refractivity contribution is 5.84. The fraction of sp³-hybridized carbons (Fsp3) is 0.500. The molecule has 2 aliphatic rings. The summed E-state index contributed by atoms with van der Waals surface area (Å²) in [5.74, 6) is 0.513. The van der Waals surface area contributed by atoms with Crippen LogP contribution in [0.5, 0.6) is 0 Å². The van der Waals surface area contributed by atoms with Gasteiger partial charge in [0.25, 0.3) is 0 Å². The third-order valence-electron chi connectivity index (χ3n) is 5.70. The van der Waals surface area contributed by atoms with Crippen molar-refractivity contribution in [1.82, 2.24) is 15.5 Å². The van der Waals surface area contributed by atoms with Crippen LogP contribution in [0.3, 0.4) is 0 Å². The van der Waals surface area contributed by atoms with Gasteiger partial charge in [-0.2, -0.15) is 5.10 Å². The molecule has 0 spiro atoms. The van der Waals surface area contributed by atoms with E-state index in [9.17, 15) is 4.79 Å². The molecule has 2 aliphatic carbocycles. The van der Waals surface area contributed by atoms with Crippen LogP contribution in [0.1, 0.15) is 66.1 Å². The minimum atomic E-state index is -0.116. The topological polar surface area (TPSA) is 83.8 Å². The van der Waals surface area contributed by atoms with Crippen LogP contribution in [0.2, 0.25) is 0 Å². The highest BCUT2D eigenvalue weighted by atomic mass is 16.2. The molecule has 4 N–H and O–H groups in total. The maximum atomic E-state index is 13.0. The van der Waals surface area contributed by atoms with Gasteiger partial charge in [-0.05, 0) is 60.3 Å². The van der Waals surface area contributed by atoms with E-state index >= 15 is 0 Å². The molecule has 0 saturated carbocycles. The van der Waals surface area contributed by atoms with Gasteiger partial charge in [-0.15, -0.1) is 0 Å². The molecule has 0 saturated heterocycles. The van der Waals surface area contributed by atoms with Gasteiger partial charge >= 0.3 is 0 Å². The lowest BCUT2D eigenvalue weighted by molar-refractivity contribution is -0.124. The van der Waals surface area contributed by atoms with Crippen LogP contribution < -0.4 is 11.1 Å². The van der Waals surface area contributed by atoms with Crippen molar-refractivity contribution in [2.45, 2.75) is 57.5 Å². The highest BCUT2D eigenvalue weighted by Gasteiger charge is 2.33. The summed E-state index contributed by atoms with van der Waals surface area (Å²) in [7, 11) is 0. The second-order valence-corrected chi connectivity index (χ2v) is 7.60. The molecule has 3 atom stereocenters. The smallest absolute Gasteiger partial charge is 0.229 e. The van der Waals surface area contributed by atoms with E-state index in [1.165, 1.54) is 16.7 Å². The minimum absolute atomic E-state index is 0.103. The third-order valence-corrected chi connectivity index (χ3v) is 5.70. The molecule has 5 heteroatoms. The van der Waals surface area contributed by atoms with E-state index in [-0.39, 0.29) is 17.9 Å². The van der Waals surface area contributed by atoms with Gasteiger partial charge in [-0.25, -0.2) is 0 Å². The number of carbonyl (C=O) groups is 1. The van der Waals surface area contributed by atoms with Gasteiger partial charge in [-0.1, -0.05) is 25.1 Å². The van der Waals surface area contributed by atoms with Crippen LogP contribution in [0.15, 0.2) is 24.4 Å². The summed E-state index contributed by atoms with van der Waals surface area (Å²) in [5, 5.41) is 10.5. The van der Waals surface area contributed by atoms with Gasteiger partial charge in [0.2, 0.25) is 5.91 Å². The molecule has 132 valence electrons. The molecule has 0 aliphatic heterocycles. The Morgan fingerprint density at radius 1 is 1.40 bits per heavy atom. The van der Waals surface area contributed by atoms with Gasteiger partial charge in [0.05, 0.1) is 23.9 Å². The Bertz CT molecular complexity index is 782. The number of benzene rings is 1. The number of nitrogens with zero attached hydrogens (tertiary/aromatic N) is 1. The first kappa shape index (κ1) is 16.3. The summed E-state index contributed by atoms with van der Waals surface area (Å²) in [5.41, 5.74) is 11.7. The van der Waals surface area contributed by atoms with Crippen LogP contribution in [0.4, 0.5) is 0 Å². The lowest BCUT2D eigenvalue weighted by Gasteiger charge is -2.31. The average Bonchev–Trinajstić information content (AvgIpc) is 3.08. The number of rotatable bonds is 3. The SMILES string of the molecule is CC1Cc2cn[nH]c2C(C(=O)NC2CCCc3cc(CN)ccc32)C1. The van der Waals surface area contributed by atoms with Crippen LogP contribution in [0.25, 0.3) is 0 Å². The van der Waals surface area contributed by atoms with E-state index < -0.39 is 0 Å². The number of fused-ring (bicyclic) bond motifs is 2. The van der Waals surface area contributed by atoms with Gasteiger partial charge in [-0.3, -0.25) is 9.89 Å². The van der Waals surface area contributed by atoms with Crippen molar-refractivity contribution < 1.29 is 4.79 Å². The van der Waals surface area contributed by atoms with Crippen molar-refractivity contribution in [3.8, 4) is 0 Å². The molecule has 0 bridgehead atoms. The third kappa shape index (κ3) is 3.09. The number of nitrogens with two attached hydrogens (primary N) is 1. The fourth-order valence-electron chi connectivity index (χ4n) is 4.42. The van der Waals surface area contributed by atoms with Gasteiger partial charge in [0, 0.05) is 6.54 Å². The second kappa shape index (κ2) is 6.64. The highest BCUT2D eigenvalue weighted by Crippen LogP contribution is 2.35. The minimum Gasteiger partial charge on any atom is -0.349 e. The molecule has 25 heavy (non-hydrogen) atoms. The Kier molecular flexibility index (Phi) is 4.34. The summed E-state index contributed by atoms with van der Waals surface area (Å²) >= 11 is 0. The maximum Gasteiger partial charge on any atom is 0.229 e. The first-order valence-corrected chi connectivity index (χ1v) is 9.30. The summed E-state index contributed by atoms with van der Waals surface area (Å²) in [4.78, 5) is 13.0. The van der Waals surface area contributed by atoms with E-state index in [1.807, 2.05) is 6.20 Å². The van der Waals surface area contributed by atoms with Gasteiger partial charge in [0.1, 0.15) is 0 Å². The van der Waals surface area contributed by atoms with Crippen LogP contribution in [-0.2, 0) is 24.2 Å². The number of hydrogen-bond acceptors (Lipinski definition) is 3. The van der Waals surface area contributed by atoms with Crippen molar-refractivity contribution in [2.75, 3.05) is 0 Å². The maximum absolute atomic E-state index is 13.0. The van der Waals surface area contributed by atoms with Crippen LogP contribution in [0, 0.1) is 5.92 Å². The number of H-pyrrole nitrogens is 1. The Labute approximate surface area is 148 Å². The molecule has 1 aromatic carbocycles. The van der Waals surface area contributed by atoms with Crippen LogP contribution >= 0.6 is 0 Å². The van der Waals surface area contributed by atoms with E-state index in [4.69, 9.17) is 5.73 Å². The molecule has 2 aromatic rings. The molecule has 1 amide bonds. The second-order valence-electron chi connectivity index (χ2n) is 7.60. The van der Waals surface area contributed by atoms with Crippen molar-refractivity contribution in [3.63, 3.8) is 0 Å². The van der Waals surface area contributed by atoms with E-state index in [2.05, 4.69) is 40.6 Å². The molecule has 3 unspecified atom stereocenters. The first-order chi connectivity index (χ1) is 12.2. The number of carbonyl (C=O) groups excluding carboxylic acids is 1. The van der Waals surface area contributed by atoms with Gasteiger partial charge in [0.15, 0.2) is 0 Å². The Balaban J connectivity index is 1.55. The predicted molar refractivity (Wildman–Crippen MR) is 97.0 cm³/mol. The Hall–Kier alpha value is -2.14. The molecular weight excluding hydrogens is 312 g/mol. The zero-order chi connectivity index (χ0) is 17.4. The van der Waals surface area contributed by atoms with E-state index in [0.717, 1.165) is 43.4 Å². The van der Waals surface area contributed by atoms with Gasteiger partial charge < -0.3 is 11.1 Å². The zero-order valence-corrected chi connectivity index (χ0v) is 14.7. The van der Waals surface area contributed by atoms with E-state index in [1.54, 1.807) is 0 Å². The fourth-order valence-corrected chi connectivity index (χ4v) is 4.42. The lowest BCUT2D eigenvalue weighted by Crippen LogP contribution is -2.37. The number of nitrogens with one attached hydrogen (secondary N) is 2. The Morgan fingerprint density at radius 2 is 2.28 bits per heavy atom. The largest absolute Gasteiger partial charge is 0.349 e. The van der Waals surface area contributed by atoms with Crippen molar-refractivity contribution in [1.29, 1.82) is 0 Å². The molecule has 4 rings (SSSR count). The summed E-state index contributed by atoms with van der Waals surface area (Å²) in [6, 6.07) is 6.53. The monoisotopic (exact) mass is 338 g/mol. The molecular formula is C20H26N4O. The van der Waals surface area contributed by atoms with Crippen molar-refractivity contribution >= 4 is 5.91 Å². The molecule has 0 fully saturated rings. The molecule has 5 nitrogen and oxygen atoms in total. The first-order valence-electron chi connectivity index (χ1n) is 9.30. The number of aromatic nitrogens is 2. The predicted octanol–water partition coefficient (Wildman–Crippen LogP) is 2.73. The average molecular weight is 338 g/mol. The summed E-state index contributed by atoms with van der Waals surface area (Å²) in [6.07, 6.45) is 6.92. The number of amides is 1. The normalized spacial score (nSPS) is 25.1. The number of aryl methyl sites for hydroxylation is 1. The quantitative estimate of drug-likeness (QED) is 0.804. The van der Waals surface area contributed by atoms with E-state index in [0.29, 0.717) is 12.5 Å². The standard InChI is InChI=1S/C20H26N4O/c1-12-7-15-11-22-24-19(15)17(8-12)20(25)23-18-4-2-3-14-9-13(10-21)5-6-16(14)18/h5-6,9,11-12,17-18H,2-4,7-8,10,21H2,1H3,(H,22,24)(H,23,25). The molecule has 1 aromatic heterocycles. The molecule has 1 heterocycles. The summed E-state index contributed by atoms with van der Waals surface area (Å²) in [6.45, 7) is 2.77. The summed E-state index contributed by atoms with van der Waals surface area (Å²) < 4.78 is 0. The lowest BCUT2D eigenvalue weighted by atomic mass is 9.80. The zero-order valence-electron chi connectivity index (χ0n) is 14.7. The van der Waals surface area contributed by atoms with Crippen LogP contribution in [-0.4, -0.2) is 16.1 Å². The Morgan fingerprint density at radius 3 is 3.12 bits per heavy atom. The van der Waals surface area contributed by atoms with Crippen molar-refractivity contribution in [2.24, 2.45) is 11.7 Å². The van der Waals surface area contributed by atoms with Crippen molar-refractivity contribution in [3.05, 3.63) is 52.3 Å². The molecule has 0 radical (unpaired) electrons. The number of hydrogen-bond donors (Lipinski definition) is 3. The number of aromatic amines is 1.